The summed E-state index contributed by atoms with van der Waals surface area (Å²) in [7, 11) is 0. The second-order valence-electron chi connectivity index (χ2n) is 3.02. The fraction of sp³-hybridized carbons (Fsp3) is 0.750. The van der Waals surface area contributed by atoms with Crippen molar-refractivity contribution < 1.29 is 19.4 Å². The molecule has 0 aliphatic rings. The van der Waals surface area contributed by atoms with Crippen molar-refractivity contribution >= 4 is 11.9 Å². The topological polar surface area (TPSA) is 63.3 Å². The van der Waals surface area contributed by atoms with Gasteiger partial charge >= 0.3 is 11.9 Å². The Balaban J connectivity index is 4.06. The first-order valence-electron chi connectivity index (χ1n) is 3.83. The predicted octanol–water partition coefficient (Wildman–Crippen LogP) is 1.07. The molecule has 4 heteroatoms. The van der Waals surface area contributed by atoms with Gasteiger partial charge in [-0.2, -0.15) is 0 Å². The Kier molecular flexibility index (Phi) is 3.73. The SMILES string of the molecule is CCCC(=O)OC(C)(C)C([O])=O. The highest BCUT2D eigenvalue weighted by Crippen LogP contribution is 2.11. The molecule has 4 nitrogen and oxygen atoms in total. The fourth-order valence-corrected chi connectivity index (χ4v) is 0.581. The van der Waals surface area contributed by atoms with E-state index in [0.29, 0.717) is 6.42 Å². The zero-order valence-corrected chi connectivity index (χ0v) is 7.55. The van der Waals surface area contributed by atoms with E-state index in [1.807, 2.05) is 6.92 Å². The van der Waals surface area contributed by atoms with Crippen LogP contribution >= 0.6 is 0 Å². The highest BCUT2D eigenvalue weighted by Gasteiger charge is 2.32. The van der Waals surface area contributed by atoms with Crippen LogP contribution in [-0.4, -0.2) is 17.5 Å². The summed E-state index contributed by atoms with van der Waals surface area (Å²) >= 11 is 0. The van der Waals surface area contributed by atoms with Gasteiger partial charge in [-0.3, -0.25) is 4.79 Å². The van der Waals surface area contributed by atoms with Gasteiger partial charge < -0.3 is 4.74 Å². The molecule has 0 N–H and O–H groups in total. The van der Waals surface area contributed by atoms with Crippen molar-refractivity contribution in [2.24, 2.45) is 0 Å². The zero-order valence-electron chi connectivity index (χ0n) is 7.55. The monoisotopic (exact) mass is 173 g/mol. The first-order valence-corrected chi connectivity index (χ1v) is 3.83. The molecule has 0 aromatic heterocycles. The summed E-state index contributed by atoms with van der Waals surface area (Å²) in [5.41, 5.74) is -1.52. The molecular weight excluding hydrogens is 160 g/mol. The number of ether oxygens (including phenoxy) is 1. The van der Waals surface area contributed by atoms with Gasteiger partial charge in [0, 0.05) is 6.42 Å². The van der Waals surface area contributed by atoms with Crippen LogP contribution in [-0.2, 0) is 19.4 Å². The minimum atomic E-state index is -1.52. The molecule has 0 fully saturated rings. The molecule has 0 rings (SSSR count). The molecule has 0 saturated heterocycles. The van der Waals surface area contributed by atoms with Crippen LogP contribution in [0.2, 0.25) is 0 Å². The maximum absolute atomic E-state index is 10.8. The number of esters is 1. The summed E-state index contributed by atoms with van der Waals surface area (Å²) in [6.45, 7) is 4.39. The van der Waals surface area contributed by atoms with Crippen molar-refractivity contribution in [2.45, 2.75) is 39.2 Å². The van der Waals surface area contributed by atoms with Crippen molar-refractivity contribution in [3.8, 4) is 0 Å². The number of hydrogen-bond acceptors (Lipinski definition) is 3. The van der Waals surface area contributed by atoms with E-state index in [1.165, 1.54) is 13.8 Å². The van der Waals surface area contributed by atoms with E-state index in [9.17, 15) is 14.7 Å². The summed E-state index contributed by atoms with van der Waals surface area (Å²) < 4.78 is 4.64. The van der Waals surface area contributed by atoms with Crippen LogP contribution in [0.1, 0.15) is 33.6 Å². The summed E-state index contributed by atoms with van der Waals surface area (Å²) in [6, 6.07) is 0. The van der Waals surface area contributed by atoms with Gasteiger partial charge in [0.2, 0.25) is 5.60 Å². The number of carbonyl (C=O) groups is 2. The molecular formula is C8H13O4. The van der Waals surface area contributed by atoms with E-state index >= 15 is 0 Å². The van der Waals surface area contributed by atoms with Crippen LogP contribution in [0.25, 0.3) is 0 Å². The minimum absolute atomic E-state index is 0.233. The third-order valence-electron chi connectivity index (χ3n) is 1.31. The lowest BCUT2D eigenvalue weighted by Gasteiger charge is -2.18. The van der Waals surface area contributed by atoms with Crippen LogP contribution in [0, 0.1) is 0 Å². The maximum Gasteiger partial charge on any atom is 0.398 e. The third-order valence-corrected chi connectivity index (χ3v) is 1.31. The lowest BCUT2D eigenvalue weighted by atomic mass is 10.1. The van der Waals surface area contributed by atoms with Gasteiger partial charge in [-0.1, -0.05) is 6.92 Å². The second-order valence-corrected chi connectivity index (χ2v) is 3.02. The molecule has 0 aliphatic heterocycles. The van der Waals surface area contributed by atoms with Gasteiger partial charge in [0.05, 0.1) is 0 Å². The van der Waals surface area contributed by atoms with Gasteiger partial charge in [0.25, 0.3) is 0 Å². The molecule has 12 heavy (non-hydrogen) atoms. The molecule has 1 radical (unpaired) electrons. The molecule has 69 valence electrons. The van der Waals surface area contributed by atoms with Crippen molar-refractivity contribution in [3.05, 3.63) is 0 Å². The molecule has 0 spiro atoms. The van der Waals surface area contributed by atoms with Gasteiger partial charge in [0.1, 0.15) is 0 Å². The molecule has 0 amide bonds. The lowest BCUT2D eigenvalue weighted by molar-refractivity contribution is -0.178. The fourth-order valence-electron chi connectivity index (χ4n) is 0.581. The van der Waals surface area contributed by atoms with E-state index < -0.39 is 17.5 Å². The Morgan fingerprint density at radius 3 is 2.17 bits per heavy atom. The Labute approximate surface area is 71.5 Å². The first kappa shape index (κ1) is 10.9. The lowest BCUT2D eigenvalue weighted by Crippen LogP contribution is -2.36. The van der Waals surface area contributed by atoms with Crippen LogP contribution < -0.4 is 0 Å². The molecule has 0 atom stereocenters. The summed E-state index contributed by atoms with van der Waals surface area (Å²) in [5.74, 6) is -1.89. The van der Waals surface area contributed by atoms with Crippen LogP contribution in [0.4, 0.5) is 0 Å². The molecule has 0 aromatic rings. The van der Waals surface area contributed by atoms with Crippen molar-refractivity contribution in [2.75, 3.05) is 0 Å². The van der Waals surface area contributed by atoms with Crippen LogP contribution in [0.3, 0.4) is 0 Å². The van der Waals surface area contributed by atoms with E-state index in [4.69, 9.17) is 0 Å². The smallest absolute Gasteiger partial charge is 0.398 e. The Morgan fingerprint density at radius 1 is 1.33 bits per heavy atom. The van der Waals surface area contributed by atoms with Crippen molar-refractivity contribution in [1.29, 1.82) is 0 Å². The van der Waals surface area contributed by atoms with Gasteiger partial charge in [-0.15, -0.1) is 0 Å². The third kappa shape index (κ3) is 3.37. The van der Waals surface area contributed by atoms with E-state index in [2.05, 4.69) is 4.74 Å². The Bertz CT molecular complexity index is 183. The zero-order chi connectivity index (χ0) is 9.78. The summed E-state index contributed by atoms with van der Waals surface area (Å²) in [6.07, 6.45) is 0.874. The molecule has 0 unspecified atom stereocenters. The molecule has 0 aromatic carbocycles. The normalized spacial score (nSPS) is 10.9. The first-order chi connectivity index (χ1) is 5.40. The summed E-state index contributed by atoms with van der Waals surface area (Å²) in [5, 5.41) is 10.4. The van der Waals surface area contributed by atoms with Crippen LogP contribution in [0.5, 0.6) is 0 Å². The molecule has 0 aliphatic carbocycles. The highest BCUT2D eigenvalue weighted by molar-refractivity contribution is 5.80. The quantitative estimate of drug-likeness (QED) is 0.597. The maximum atomic E-state index is 10.8. The second kappa shape index (κ2) is 4.09. The van der Waals surface area contributed by atoms with Crippen LogP contribution in [0.15, 0.2) is 0 Å². The Hall–Kier alpha value is -1.06. The van der Waals surface area contributed by atoms with Crippen molar-refractivity contribution in [1.82, 2.24) is 0 Å². The van der Waals surface area contributed by atoms with Gasteiger partial charge in [0.15, 0.2) is 0 Å². The highest BCUT2D eigenvalue weighted by atomic mass is 16.6. The molecule has 0 bridgehead atoms. The number of hydrogen-bond donors (Lipinski definition) is 0. The molecule has 0 saturated carbocycles. The van der Waals surface area contributed by atoms with E-state index in [1.54, 1.807) is 0 Å². The van der Waals surface area contributed by atoms with E-state index in [-0.39, 0.29) is 6.42 Å². The standard InChI is InChI=1S/C8H13O4/c1-4-5-6(9)12-8(2,3)7(10)11/h4-5H2,1-3H3. The average Bonchev–Trinajstić information content (AvgIpc) is 1.85. The Morgan fingerprint density at radius 2 is 1.83 bits per heavy atom. The van der Waals surface area contributed by atoms with Gasteiger partial charge in [-0.05, 0) is 20.3 Å². The summed E-state index contributed by atoms with van der Waals surface area (Å²) in [4.78, 5) is 21.2. The van der Waals surface area contributed by atoms with Crippen molar-refractivity contribution in [3.63, 3.8) is 0 Å². The predicted molar refractivity (Wildman–Crippen MR) is 40.8 cm³/mol. The average molecular weight is 173 g/mol. The number of rotatable bonds is 4. The minimum Gasteiger partial charge on any atom is -0.447 e. The number of carbonyl (C=O) groups excluding carboxylic acids is 2. The molecule has 0 heterocycles. The largest absolute Gasteiger partial charge is 0.447 e. The van der Waals surface area contributed by atoms with Gasteiger partial charge in [-0.25, -0.2) is 9.90 Å². The van der Waals surface area contributed by atoms with E-state index in [0.717, 1.165) is 0 Å².